The number of aromatic amines is 2. The van der Waals surface area contributed by atoms with Crippen LogP contribution >= 0.6 is 31.3 Å². The maximum atomic E-state index is 13.7. The fourth-order valence-corrected chi connectivity index (χ4v) is 12.7. The van der Waals surface area contributed by atoms with E-state index >= 15 is 0 Å². The minimum Gasteiger partial charge on any atom is -0.756 e. The van der Waals surface area contributed by atoms with Crippen LogP contribution in [-0.4, -0.2) is 166 Å². The van der Waals surface area contributed by atoms with Gasteiger partial charge in [-0.15, -0.1) is 0 Å². The van der Waals surface area contributed by atoms with Crippen molar-refractivity contribution in [3.05, 3.63) is 46.0 Å². The van der Waals surface area contributed by atoms with Gasteiger partial charge < -0.3 is 80.7 Å². The Morgan fingerprint density at radius 2 is 1.31 bits per heavy atom. The van der Waals surface area contributed by atoms with Crippen LogP contribution in [0.3, 0.4) is 0 Å². The molecule has 0 spiro atoms. The number of phosphoric acid groups is 4. The van der Waals surface area contributed by atoms with Gasteiger partial charge in [0.15, 0.2) is 41.4 Å². The molecule has 14 N–H and O–H groups in total. The monoisotopic (exact) mass is 1140 g/mol. The van der Waals surface area contributed by atoms with E-state index in [1.807, 2.05) is 0 Å². The number of H-pyrrole nitrogens is 2. The number of aryl methyl sites for hydroxylation is 1. The fourth-order valence-electron chi connectivity index (χ4n) is 8.27. The van der Waals surface area contributed by atoms with Gasteiger partial charge in [0.05, 0.1) is 39.5 Å². The first kappa shape index (κ1) is 54.6. The van der Waals surface area contributed by atoms with Crippen LogP contribution in [0.2, 0.25) is 0 Å². The standard InChI is InChI=1S/C32H43N15O24P4/c1-44-9-47(25-15(44)27(53)43-32(35)41-25)29-19(51)17(49)11(67-29)4-64-73(56,57)70-75(60,61)71-74(58,59)65-5-12-20(21(62-2)30(68-12)45-7-38-13-22(33)36-6-37-23(13)45)69-72(54,55)63-3-10-16(48)18(50)28(66-10)46-8-39-14-24(46)40-31(34)42-26(14)52/h6-12,16-21,28-30,48-51H,3-5H2,1-2H3,(H11-,33,34,35,36,37,40,41,42,43,52,53,54,55,56,57,58,59,60,61)/p-1/t10-,11-,12-,16+,17?,18?,19+,20?,21+,28-,29-,30-/m1/s1. The summed E-state index contributed by atoms with van der Waals surface area (Å²) in [5.74, 6) is -0.747. The highest BCUT2D eigenvalue weighted by atomic mass is 31.3. The van der Waals surface area contributed by atoms with Gasteiger partial charge in [0.1, 0.15) is 66.8 Å². The van der Waals surface area contributed by atoms with Crippen LogP contribution in [0.5, 0.6) is 0 Å². The van der Waals surface area contributed by atoms with Crippen molar-refractivity contribution in [2.75, 3.05) is 44.1 Å². The number of aromatic nitrogens is 12. The number of aliphatic hydroxyl groups excluding tert-OH is 4. The average Bonchev–Trinajstić information content (AvgIpc) is 4.17. The molecule has 43 heteroatoms. The summed E-state index contributed by atoms with van der Waals surface area (Å²) < 4.78 is 108. The second kappa shape index (κ2) is 20.3. The van der Waals surface area contributed by atoms with Crippen LogP contribution in [0.4, 0.5) is 17.7 Å². The van der Waals surface area contributed by atoms with Crippen molar-refractivity contribution in [3.63, 3.8) is 0 Å². The third kappa shape index (κ3) is 10.9. The number of hydrogen-bond donors (Lipinski definition) is 11. The molecular weight excluding hydrogens is 1100 g/mol. The molecule has 0 amide bonds. The molecule has 0 bridgehead atoms. The first-order chi connectivity index (χ1) is 35.2. The van der Waals surface area contributed by atoms with E-state index < -0.39 is 136 Å². The number of nitrogen functional groups attached to an aromatic ring is 3. The third-order valence-corrected chi connectivity index (χ3v) is 16.7. The molecule has 0 radical (unpaired) electrons. The van der Waals surface area contributed by atoms with Gasteiger partial charge >= 0.3 is 21.3 Å². The normalized spacial score (nSPS) is 30.5. The van der Waals surface area contributed by atoms with Gasteiger partial charge in [0.2, 0.25) is 17.7 Å². The Balaban J connectivity index is 0.862. The van der Waals surface area contributed by atoms with E-state index in [1.165, 1.54) is 22.5 Å². The molecule has 9 heterocycles. The topological polar surface area (TPSA) is 568 Å². The van der Waals surface area contributed by atoms with Crippen molar-refractivity contribution in [3.8, 4) is 0 Å². The number of methoxy groups -OCH3 is 1. The van der Waals surface area contributed by atoms with Crippen LogP contribution < -0.4 is 42.7 Å². The van der Waals surface area contributed by atoms with E-state index in [9.17, 15) is 67.8 Å². The smallest absolute Gasteiger partial charge is 0.478 e. The van der Waals surface area contributed by atoms with Crippen molar-refractivity contribution >= 4 is 82.5 Å². The lowest BCUT2D eigenvalue weighted by molar-refractivity contribution is -0.745. The van der Waals surface area contributed by atoms with Crippen molar-refractivity contribution < 1.29 is 108 Å². The van der Waals surface area contributed by atoms with E-state index in [0.29, 0.717) is 0 Å². The molecular formula is C32H42N15O24P4-. The SMILES string of the molecule is CO[C@H]1C(OP(=O)(O)OC[C@H]2O[C@@H](n3cnc4c(=O)[nH]c(N)nc43)C(O)[C@H]2O)[C@@H](COP(=O)([O-])OP(=O)([O-])OP(=O)(O)OC[C@H]2O[C@@H]([n+]3cn(C)c4c(=O)[nH]c(N)nc43)[C@@H](O)C2O)O[C@H]1n1cnc2c(N)ncnc21. The molecule has 16 atom stereocenters. The van der Waals surface area contributed by atoms with Gasteiger partial charge in [0, 0.05) is 7.11 Å². The molecule has 39 nitrogen and oxygen atoms in total. The minimum absolute atomic E-state index is 0.0146. The Hall–Kier alpha value is -5.15. The van der Waals surface area contributed by atoms with Gasteiger partial charge in [-0.25, -0.2) is 42.3 Å². The Labute approximate surface area is 414 Å². The molecule has 7 unspecified atom stereocenters. The molecule has 3 aliphatic heterocycles. The number of imidazole rings is 3. The zero-order chi connectivity index (χ0) is 54.3. The number of nitrogens with one attached hydrogen (secondary N) is 2. The van der Waals surface area contributed by atoms with E-state index in [2.05, 4.69) is 53.0 Å². The van der Waals surface area contributed by atoms with Crippen molar-refractivity contribution in [2.45, 2.75) is 73.6 Å². The lowest BCUT2D eigenvalue weighted by atomic mass is 10.1. The lowest BCUT2D eigenvalue weighted by Gasteiger charge is -2.32. The molecule has 3 saturated heterocycles. The number of rotatable bonds is 19. The Kier molecular flexibility index (Phi) is 14.8. The number of hydrogen-bond acceptors (Lipinski definition) is 31. The van der Waals surface area contributed by atoms with Crippen LogP contribution in [0.25, 0.3) is 33.5 Å². The number of fused-ring (bicyclic) bond motifs is 3. The van der Waals surface area contributed by atoms with Gasteiger partial charge in [-0.3, -0.25) is 56.0 Å². The van der Waals surface area contributed by atoms with Crippen molar-refractivity contribution in [1.82, 2.24) is 53.6 Å². The maximum Gasteiger partial charge on any atom is 0.478 e. The van der Waals surface area contributed by atoms with E-state index in [4.69, 9.17) is 49.7 Å². The summed E-state index contributed by atoms with van der Waals surface area (Å²) in [6.07, 6.45) is -16.2. The zero-order valence-electron chi connectivity index (χ0n) is 37.9. The van der Waals surface area contributed by atoms with Gasteiger partial charge in [-0.1, -0.05) is 4.98 Å². The molecule has 9 rings (SSSR count). The Morgan fingerprint density at radius 3 is 2.01 bits per heavy atom. The molecule has 0 saturated carbocycles. The molecule has 0 aliphatic carbocycles. The van der Waals surface area contributed by atoms with Crippen LogP contribution in [0, 0.1) is 0 Å². The van der Waals surface area contributed by atoms with E-state index in [1.54, 1.807) is 0 Å². The summed E-state index contributed by atoms with van der Waals surface area (Å²) in [5, 5.41) is 43.1. The molecule has 6 aromatic rings. The molecule has 75 heavy (non-hydrogen) atoms. The summed E-state index contributed by atoms with van der Waals surface area (Å²) in [5.41, 5.74) is 15.3. The van der Waals surface area contributed by atoms with Gasteiger partial charge in [-0.05, 0) is 0 Å². The molecule has 3 fully saturated rings. The van der Waals surface area contributed by atoms with E-state index in [0.717, 1.165) is 35.2 Å². The largest absolute Gasteiger partial charge is 0.756 e. The summed E-state index contributed by atoms with van der Waals surface area (Å²) in [4.78, 5) is 100. The quantitative estimate of drug-likeness (QED) is 0.0266. The first-order valence-electron chi connectivity index (χ1n) is 21.1. The highest BCUT2D eigenvalue weighted by Gasteiger charge is 2.53. The van der Waals surface area contributed by atoms with Crippen LogP contribution in [0.1, 0.15) is 18.7 Å². The fraction of sp³-hybridized carbons (Fsp3) is 0.531. The summed E-state index contributed by atoms with van der Waals surface area (Å²) in [6, 6.07) is 0. The summed E-state index contributed by atoms with van der Waals surface area (Å²) in [6.45, 7) is -3.55. The predicted octanol–water partition coefficient (Wildman–Crippen LogP) is -5.97. The second-order valence-electron chi connectivity index (χ2n) is 16.4. The second-order valence-corrected chi connectivity index (χ2v) is 22.4. The average molecular weight is 1140 g/mol. The third-order valence-electron chi connectivity index (χ3n) is 11.5. The first-order valence-corrected chi connectivity index (χ1v) is 27.0. The number of phosphoric ester groups is 3. The highest BCUT2D eigenvalue weighted by molar-refractivity contribution is 7.65. The lowest BCUT2D eigenvalue weighted by Crippen LogP contribution is -2.46. The molecule has 3 aliphatic rings. The van der Waals surface area contributed by atoms with E-state index in [-0.39, 0.29) is 51.2 Å². The number of aliphatic hydroxyl groups is 4. The minimum atomic E-state index is -6.52. The number of anilines is 3. The number of nitrogens with two attached hydrogens (primary N) is 3. The summed E-state index contributed by atoms with van der Waals surface area (Å²) in [7, 11) is -21.7. The predicted molar refractivity (Wildman–Crippen MR) is 235 cm³/mol. The van der Waals surface area contributed by atoms with Crippen molar-refractivity contribution in [1.29, 1.82) is 0 Å². The molecule has 0 aromatic carbocycles. The Bertz CT molecular complexity index is 3470. The van der Waals surface area contributed by atoms with Gasteiger partial charge in [0.25, 0.3) is 32.7 Å². The Morgan fingerprint density at radius 1 is 0.707 bits per heavy atom. The highest BCUT2D eigenvalue weighted by Crippen LogP contribution is 2.64. The maximum absolute atomic E-state index is 13.7. The number of nitrogens with zero attached hydrogens (tertiary/aromatic N) is 10. The molecule has 410 valence electrons. The number of ether oxygens (including phenoxy) is 4. The molecule has 6 aromatic heterocycles. The van der Waals surface area contributed by atoms with Crippen LogP contribution in [0.15, 0.2) is 34.9 Å². The zero-order valence-corrected chi connectivity index (χ0v) is 41.5. The van der Waals surface area contributed by atoms with Crippen LogP contribution in [-0.2, 0) is 71.0 Å². The summed E-state index contributed by atoms with van der Waals surface area (Å²) >= 11 is 0. The van der Waals surface area contributed by atoms with Gasteiger partial charge in [-0.2, -0.15) is 4.98 Å². The van der Waals surface area contributed by atoms with Crippen molar-refractivity contribution in [2.24, 2.45) is 7.05 Å².